The van der Waals surface area contributed by atoms with Crippen LogP contribution in [0.3, 0.4) is 0 Å². The molecule has 33 heavy (non-hydrogen) atoms. The Morgan fingerprint density at radius 1 is 0.939 bits per heavy atom. The summed E-state index contributed by atoms with van der Waals surface area (Å²) in [6.07, 6.45) is 1.36. The molecule has 0 spiro atoms. The van der Waals surface area contributed by atoms with Gasteiger partial charge in [0.15, 0.2) is 0 Å². The molecule has 0 heterocycles. The fourth-order valence-corrected chi connectivity index (χ4v) is 3.30. The zero-order chi connectivity index (χ0) is 23.4. The summed E-state index contributed by atoms with van der Waals surface area (Å²) < 4.78 is 5.60. The van der Waals surface area contributed by atoms with Gasteiger partial charge in [0.1, 0.15) is 17.2 Å². The maximum Gasteiger partial charge on any atom is 0.343 e. The number of amides is 1. The van der Waals surface area contributed by atoms with Gasteiger partial charge in [0.25, 0.3) is 5.91 Å². The average Bonchev–Trinajstić information content (AvgIpc) is 2.80. The van der Waals surface area contributed by atoms with Crippen LogP contribution in [0.2, 0.25) is 5.02 Å². The van der Waals surface area contributed by atoms with Gasteiger partial charge in [-0.2, -0.15) is 5.10 Å². The Morgan fingerprint density at radius 3 is 2.45 bits per heavy atom. The number of esters is 1. The van der Waals surface area contributed by atoms with Gasteiger partial charge in [0.05, 0.1) is 17.3 Å². The Bertz CT molecular complexity index is 1380. The summed E-state index contributed by atoms with van der Waals surface area (Å²) in [5.74, 6) is -1.56. The van der Waals surface area contributed by atoms with Crippen molar-refractivity contribution in [1.29, 1.82) is 0 Å². The topological polar surface area (TPSA) is 108 Å². The minimum Gasteiger partial charge on any atom is -0.508 e. The number of hydrogen-bond acceptors (Lipinski definition) is 6. The molecule has 0 atom stereocenters. The van der Waals surface area contributed by atoms with Gasteiger partial charge in [-0.3, -0.25) is 4.79 Å². The molecule has 0 aliphatic heterocycles. The Labute approximate surface area is 193 Å². The molecule has 164 valence electrons. The molecule has 8 heteroatoms. The van der Waals surface area contributed by atoms with Crippen LogP contribution in [0.15, 0.2) is 84.0 Å². The number of phenolic OH excluding ortho intramolecular Hbond substituents is 2. The third kappa shape index (κ3) is 4.94. The lowest BCUT2D eigenvalue weighted by Crippen LogP contribution is -2.18. The summed E-state index contributed by atoms with van der Waals surface area (Å²) in [5.41, 5.74) is 3.07. The molecule has 1 amide bonds. The second-order valence-corrected chi connectivity index (χ2v) is 7.43. The molecule has 4 aromatic carbocycles. The Kier molecular flexibility index (Phi) is 6.24. The number of benzene rings is 4. The molecule has 3 N–H and O–H groups in total. The molecule has 0 unspecified atom stereocenters. The number of rotatable bonds is 5. The first-order valence-corrected chi connectivity index (χ1v) is 10.1. The van der Waals surface area contributed by atoms with Crippen molar-refractivity contribution in [2.24, 2.45) is 5.10 Å². The number of ether oxygens (including phenoxy) is 1. The van der Waals surface area contributed by atoms with Crippen molar-refractivity contribution in [3.05, 3.63) is 101 Å². The number of carbonyl (C=O) groups excluding carboxylic acids is 2. The largest absolute Gasteiger partial charge is 0.508 e. The second kappa shape index (κ2) is 9.42. The van der Waals surface area contributed by atoms with E-state index in [2.05, 4.69) is 10.5 Å². The molecular formula is C25H17ClN2O5. The molecule has 7 nitrogen and oxygen atoms in total. The minimum absolute atomic E-state index is 0.0581. The molecule has 0 aliphatic carbocycles. The molecule has 4 rings (SSSR count). The summed E-state index contributed by atoms with van der Waals surface area (Å²) in [6, 6.07) is 20.8. The van der Waals surface area contributed by atoms with Crippen LogP contribution < -0.4 is 10.2 Å². The van der Waals surface area contributed by atoms with Gasteiger partial charge in [-0.15, -0.1) is 0 Å². The van der Waals surface area contributed by atoms with Gasteiger partial charge in [0.2, 0.25) is 0 Å². The van der Waals surface area contributed by atoms with Crippen LogP contribution >= 0.6 is 11.6 Å². The number of nitrogens with zero attached hydrogens (tertiary/aromatic N) is 1. The lowest BCUT2D eigenvalue weighted by molar-refractivity contribution is 0.0734. The van der Waals surface area contributed by atoms with Gasteiger partial charge >= 0.3 is 5.97 Å². The minimum atomic E-state index is -0.677. The van der Waals surface area contributed by atoms with Crippen LogP contribution in [-0.4, -0.2) is 28.3 Å². The number of hydrogen-bond donors (Lipinski definition) is 3. The Hall–Kier alpha value is -4.36. The van der Waals surface area contributed by atoms with E-state index in [1.807, 2.05) is 30.3 Å². The van der Waals surface area contributed by atoms with Gasteiger partial charge in [0, 0.05) is 16.7 Å². The molecule has 0 aromatic heterocycles. The Morgan fingerprint density at radius 2 is 1.70 bits per heavy atom. The van der Waals surface area contributed by atoms with Crippen molar-refractivity contribution in [2.75, 3.05) is 0 Å². The van der Waals surface area contributed by atoms with Crippen LogP contribution in [0.1, 0.15) is 26.3 Å². The molecular weight excluding hydrogens is 444 g/mol. The first-order valence-electron chi connectivity index (χ1n) is 9.77. The zero-order valence-electron chi connectivity index (χ0n) is 17.0. The summed E-state index contributed by atoms with van der Waals surface area (Å²) in [6.45, 7) is 0. The smallest absolute Gasteiger partial charge is 0.343 e. The van der Waals surface area contributed by atoms with E-state index in [0.717, 1.165) is 16.8 Å². The number of aromatic hydroxyl groups is 2. The van der Waals surface area contributed by atoms with Crippen molar-refractivity contribution in [3.63, 3.8) is 0 Å². The molecule has 0 saturated carbocycles. The van der Waals surface area contributed by atoms with Crippen molar-refractivity contribution >= 4 is 40.5 Å². The van der Waals surface area contributed by atoms with Crippen LogP contribution in [0.5, 0.6) is 17.2 Å². The predicted octanol–water partition coefficient (Wildman–Crippen LogP) is 4.89. The second-order valence-electron chi connectivity index (χ2n) is 7.00. The monoisotopic (exact) mass is 460 g/mol. The fraction of sp³-hybridized carbons (Fsp3) is 0. The molecule has 0 radical (unpaired) electrons. The van der Waals surface area contributed by atoms with E-state index in [0.29, 0.717) is 16.1 Å². The van der Waals surface area contributed by atoms with E-state index in [1.165, 1.54) is 18.3 Å². The van der Waals surface area contributed by atoms with E-state index < -0.39 is 11.9 Å². The SMILES string of the molecule is O=C(Oc1ccc2ccccc2c1C=NNC(=O)c1ccc(O)cc1O)c1ccc(Cl)cc1. The maximum atomic E-state index is 12.6. The summed E-state index contributed by atoms with van der Waals surface area (Å²) in [7, 11) is 0. The number of nitrogens with one attached hydrogen (secondary N) is 1. The number of hydrazone groups is 1. The maximum absolute atomic E-state index is 12.6. The van der Waals surface area contributed by atoms with Crippen LogP contribution in [0, 0.1) is 0 Å². The number of halogens is 1. The van der Waals surface area contributed by atoms with Crippen LogP contribution in [0.25, 0.3) is 10.8 Å². The molecule has 0 bridgehead atoms. The first kappa shape index (κ1) is 21.9. The Balaban J connectivity index is 1.63. The predicted molar refractivity (Wildman–Crippen MR) is 125 cm³/mol. The highest BCUT2D eigenvalue weighted by Crippen LogP contribution is 2.28. The third-order valence-electron chi connectivity index (χ3n) is 4.80. The quantitative estimate of drug-likeness (QED) is 0.170. The highest BCUT2D eigenvalue weighted by atomic mass is 35.5. The zero-order valence-corrected chi connectivity index (χ0v) is 17.8. The lowest BCUT2D eigenvalue weighted by Gasteiger charge is -2.11. The van der Waals surface area contributed by atoms with Crippen molar-refractivity contribution in [2.45, 2.75) is 0 Å². The standard InChI is InChI=1S/C25H17ClN2O5/c26-17-8-5-16(6-9-17)25(32)33-23-12-7-15-3-1-2-4-19(15)21(23)14-27-28-24(31)20-11-10-18(29)13-22(20)30/h1-14,29-30H,(H,28,31). The van der Waals surface area contributed by atoms with E-state index >= 15 is 0 Å². The number of fused-ring (bicyclic) bond motifs is 1. The average molecular weight is 461 g/mol. The molecule has 0 aliphatic rings. The normalized spacial score (nSPS) is 10.9. The fourth-order valence-electron chi connectivity index (χ4n) is 3.17. The first-order chi connectivity index (χ1) is 15.9. The van der Waals surface area contributed by atoms with E-state index in [-0.39, 0.29) is 22.8 Å². The number of phenols is 2. The van der Waals surface area contributed by atoms with Crippen molar-refractivity contribution < 1.29 is 24.5 Å². The molecule has 4 aromatic rings. The molecule has 0 saturated heterocycles. The lowest BCUT2D eigenvalue weighted by atomic mass is 10.0. The van der Waals surface area contributed by atoms with Crippen molar-refractivity contribution in [3.8, 4) is 17.2 Å². The van der Waals surface area contributed by atoms with Gasteiger partial charge in [-0.25, -0.2) is 10.2 Å². The van der Waals surface area contributed by atoms with E-state index in [1.54, 1.807) is 30.3 Å². The highest BCUT2D eigenvalue weighted by molar-refractivity contribution is 6.30. The third-order valence-corrected chi connectivity index (χ3v) is 5.05. The highest BCUT2D eigenvalue weighted by Gasteiger charge is 2.14. The van der Waals surface area contributed by atoms with Crippen LogP contribution in [-0.2, 0) is 0 Å². The molecule has 0 fully saturated rings. The summed E-state index contributed by atoms with van der Waals surface area (Å²) in [5, 5.41) is 25.3. The van der Waals surface area contributed by atoms with Gasteiger partial charge in [-0.1, -0.05) is 41.9 Å². The summed E-state index contributed by atoms with van der Waals surface area (Å²) >= 11 is 5.88. The number of carbonyl (C=O) groups is 2. The summed E-state index contributed by atoms with van der Waals surface area (Å²) in [4.78, 5) is 25.0. The van der Waals surface area contributed by atoms with Gasteiger partial charge in [-0.05, 0) is 53.2 Å². The van der Waals surface area contributed by atoms with E-state index in [4.69, 9.17) is 16.3 Å². The van der Waals surface area contributed by atoms with E-state index in [9.17, 15) is 19.8 Å². The van der Waals surface area contributed by atoms with Crippen molar-refractivity contribution in [1.82, 2.24) is 5.43 Å². The van der Waals surface area contributed by atoms with Gasteiger partial charge < -0.3 is 14.9 Å². The van der Waals surface area contributed by atoms with Crippen LogP contribution in [0.4, 0.5) is 0 Å².